The molecule has 1 fully saturated rings. The molecule has 11 heteroatoms. The van der Waals surface area contributed by atoms with Gasteiger partial charge in [-0.2, -0.15) is 14.4 Å². The number of ether oxygens (including phenoxy) is 1. The van der Waals surface area contributed by atoms with Crippen LogP contribution < -0.4 is 5.73 Å². The molecule has 2 aromatic rings. The normalized spacial score (nSPS) is 28.0. The Labute approximate surface area is 171 Å². The number of carboxylic acids is 1. The van der Waals surface area contributed by atoms with Gasteiger partial charge in [-0.1, -0.05) is 26.7 Å². The summed E-state index contributed by atoms with van der Waals surface area (Å²) >= 11 is 0. The van der Waals surface area contributed by atoms with Crippen LogP contribution in [0.2, 0.25) is 18.1 Å². The minimum atomic E-state index is -2.71. The third kappa shape index (κ3) is 3.37. The molecular formula is C18H24FN5O4Si. The average molecular weight is 424 g/mol. The molecule has 0 spiro atoms. The highest BCUT2D eigenvalue weighted by atomic mass is 28.4. The van der Waals surface area contributed by atoms with E-state index in [1.807, 2.05) is 33.9 Å². The molecule has 3 rings (SSSR count). The number of rotatable bonds is 4. The molecule has 0 aliphatic carbocycles. The van der Waals surface area contributed by atoms with Crippen molar-refractivity contribution in [3.63, 3.8) is 0 Å². The maximum absolute atomic E-state index is 13.8. The van der Waals surface area contributed by atoms with Gasteiger partial charge in [-0.15, -0.1) is 6.42 Å². The van der Waals surface area contributed by atoms with E-state index in [-0.39, 0.29) is 22.0 Å². The van der Waals surface area contributed by atoms with E-state index in [1.165, 1.54) is 0 Å². The SMILES string of the molecule is [2H]C1([2H])C(n2cnc3c(N)nc(F)nc32)OC(C#C)(C(=O)O)C1O[Si](C)(C)C(C)(C)C. The summed E-state index contributed by atoms with van der Waals surface area (Å²) in [6.45, 7) is 9.45. The van der Waals surface area contributed by atoms with Crippen LogP contribution in [0.3, 0.4) is 0 Å². The fourth-order valence-corrected chi connectivity index (χ4v) is 3.84. The molecule has 3 N–H and O–H groups in total. The number of halogens is 1. The highest BCUT2D eigenvalue weighted by Crippen LogP contribution is 2.45. The van der Waals surface area contributed by atoms with Crippen LogP contribution in [-0.4, -0.2) is 50.6 Å². The van der Waals surface area contributed by atoms with Crippen LogP contribution in [0.4, 0.5) is 10.2 Å². The molecule has 0 radical (unpaired) electrons. The molecule has 1 aliphatic rings. The van der Waals surface area contributed by atoms with E-state index in [0.717, 1.165) is 10.9 Å². The van der Waals surface area contributed by atoms with E-state index in [2.05, 4.69) is 20.9 Å². The topological polar surface area (TPSA) is 125 Å². The van der Waals surface area contributed by atoms with E-state index in [4.69, 9.17) is 24.1 Å². The van der Waals surface area contributed by atoms with E-state index in [1.54, 1.807) is 0 Å². The van der Waals surface area contributed by atoms with E-state index < -0.39 is 44.7 Å². The van der Waals surface area contributed by atoms with Gasteiger partial charge >= 0.3 is 12.0 Å². The van der Waals surface area contributed by atoms with Crippen LogP contribution in [0.1, 0.15) is 36.1 Å². The molecule has 0 aromatic carbocycles. The van der Waals surface area contributed by atoms with Crippen molar-refractivity contribution in [2.45, 2.75) is 63.2 Å². The predicted molar refractivity (Wildman–Crippen MR) is 106 cm³/mol. The third-order valence-corrected chi connectivity index (χ3v) is 9.82. The summed E-state index contributed by atoms with van der Waals surface area (Å²) in [4.78, 5) is 23.3. The number of carboxylic acid groups (broad SMARTS) is 1. The number of hydrogen-bond acceptors (Lipinski definition) is 7. The van der Waals surface area contributed by atoms with E-state index >= 15 is 0 Å². The lowest BCUT2D eigenvalue weighted by Gasteiger charge is -2.40. The molecule has 1 saturated heterocycles. The molecule has 3 unspecified atom stereocenters. The van der Waals surface area contributed by atoms with Crippen LogP contribution >= 0.6 is 0 Å². The average Bonchev–Trinajstić information content (AvgIpc) is 3.12. The number of nitrogen functional groups attached to an aromatic ring is 1. The van der Waals surface area contributed by atoms with Crippen molar-refractivity contribution in [3.05, 3.63) is 12.4 Å². The summed E-state index contributed by atoms with van der Waals surface area (Å²) in [7, 11) is -2.71. The zero-order valence-corrected chi connectivity index (χ0v) is 17.7. The number of imidazole rings is 1. The lowest BCUT2D eigenvalue weighted by Crippen LogP contribution is -2.53. The molecule has 0 saturated carbocycles. The first kappa shape index (κ1) is 18.5. The maximum Gasteiger partial charge on any atom is 0.351 e. The molecule has 1 aliphatic heterocycles. The number of terminal acetylenes is 1. The molecule has 3 atom stereocenters. The van der Waals surface area contributed by atoms with Crippen molar-refractivity contribution in [3.8, 4) is 12.3 Å². The van der Waals surface area contributed by atoms with Crippen LogP contribution in [0, 0.1) is 18.4 Å². The van der Waals surface area contributed by atoms with Gasteiger partial charge in [0.05, 0.1) is 6.33 Å². The first-order chi connectivity index (χ1) is 14.1. The number of aliphatic carboxylic acids is 1. The molecule has 0 bridgehead atoms. The fourth-order valence-electron chi connectivity index (χ4n) is 2.66. The van der Waals surface area contributed by atoms with E-state index in [9.17, 15) is 14.3 Å². The highest BCUT2D eigenvalue weighted by Gasteiger charge is 2.58. The Morgan fingerprint density at radius 3 is 2.79 bits per heavy atom. The second-order valence-corrected chi connectivity index (χ2v) is 13.0. The number of fused-ring (bicyclic) bond motifs is 1. The first-order valence-corrected chi connectivity index (χ1v) is 11.7. The first-order valence-electron chi connectivity index (χ1n) is 9.81. The van der Waals surface area contributed by atoms with Gasteiger partial charge in [-0.3, -0.25) is 4.57 Å². The second-order valence-electron chi connectivity index (χ2n) is 8.28. The van der Waals surface area contributed by atoms with Gasteiger partial charge in [0.1, 0.15) is 12.3 Å². The van der Waals surface area contributed by atoms with Gasteiger partial charge in [-0.05, 0) is 18.1 Å². The zero-order chi connectivity index (χ0) is 23.6. The lowest BCUT2D eigenvalue weighted by atomic mass is 9.98. The highest BCUT2D eigenvalue weighted by molar-refractivity contribution is 6.74. The summed E-state index contributed by atoms with van der Waals surface area (Å²) in [5.41, 5.74) is 3.09. The second kappa shape index (κ2) is 6.76. The monoisotopic (exact) mass is 423 g/mol. The quantitative estimate of drug-likeness (QED) is 0.436. The number of hydrogen-bond donors (Lipinski definition) is 2. The summed E-state index contributed by atoms with van der Waals surface area (Å²) in [5, 5.41) is 9.59. The smallest absolute Gasteiger partial charge is 0.351 e. The molecular weight excluding hydrogens is 397 g/mol. The van der Waals surface area contributed by atoms with Crippen molar-refractivity contribution in [1.82, 2.24) is 19.5 Å². The lowest BCUT2D eigenvalue weighted by molar-refractivity contribution is -0.165. The Balaban J connectivity index is 2.20. The molecule has 156 valence electrons. The Morgan fingerprint density at radius 2 is 2.24 bits per heavy atom. The summed E-state index contributed by atoms with van der Waals surface area (Å²) in [5.74, 6) is 0.261. The largest absolute Gasteiger partial charge is 0.478 e. The Kier molecular flexibility index (Phi) is 4.30. The van der Waals surface area contributed by atoms with Crippen LogP contribution in [-0.2, 0) is 14.0 Å². The molecule has 2 aromatic heterocycles. The minimum Gasteiger partial charge on any atom is -0.478 e. The predicted octanol–water partition coefficient (Wildman–Crippen LogP) is 2.31. The van der Waals surface area contributed by atoms with Crippen molar-refractivity contribution >= 4 is 31.3 Å². The molecule has 3 heterocycles. The zero-order valence-electron chi connectivity index (χ0n) is 18.7. The number of nitrogens with two attached hydrogens (primary N) is 1. The Bertz CT molecular complexity index is 1100. The van der Waals surface area contributed by atoms with Gasteiger partial charge in [0.15, 0.2) is 25.3 Å². The minimum absolute atomic E-state index is 0.0104. The van der Waals surface area contributed by atoms with Gasteiger partial charge in [0, 0.05) is 9.11 Å². The van der Waals surface area contributed by atoms with E-state index in [0.29, 0.717) is 0 Å². The van der Waals surface area contributed by atoms with Crippen molar-refractivity contribution < 1.29 is 26.2 Å². The standard InChI is InChI=1S/C18H24FN5O4Si/c1-7-18(15(25)26)10(28-29(5,6)17(2,3)4)8-11(27-18)24-9-21-12-13(20)22-16(19)23-14(12)24/h1,9-11H,8H2,2-6H3,(H,25,26)(H2,20,22,23)/i8D2. The third-order valence-electron chi connectivity index (χ3n) is 5.39. The number of anilines is 1. The van der Waals surface area contributed by atoms with Crippen molar-refractivity contribution in [1.29, 1.82) is 0 Å². The molecule has 9 nitrogen and oxygen atoms in total. The van der Waals surface area contributed by atoms with Crippen LogP contribution in [0.25, 0.3) is 11.2 Å². The fraction of sp³-hybridized carbons (Fsp3) is 0.556. The Hall–Kier alpha value is -2.55. The summed E-state index contributed by atoms with van der Waals surface area (Å²) in [6.07, 6.45) is -0.207. The van der Waals surface area contributed by atoms with Crippen molar-refractivity contribution in [2.75, 3.05) is 5.73 Å². The number of aromatic nitrogens is 4. The van der Waals surface area contributed by atoms with Gasteiger partial charge < -0.3 is 20.0 Å². The Morgan fingerprint density at radius 1 is 1.59 bits per heavy atom. The van der Waals surface area contributed by atoms with Crippen LogP contribution in [0.15, 0.2) is 6.33 Å². The number of nitrogens with zero attached hydrogens (tertiary/aromatic N) is 4. The molecule has 29 heavy (non-hydrogen) atoms. The summed E-state index contributed by atoms with van der Waals surface area (Å²) < 4.78 is 44.2. The molecule has 0 amide bonds. The maximum atomic E-state index is 13.8. The van der Waals surface area contributed by atoms with Gasteiger partial charge in [0.2, 0.25) is 0 Å². The van der Waals surface area contributed by atoms with Gasteiger partial charge in [-0.25, -0.2) is 9.78 Å². The number of carbonyl (C=O) groups is 1. The van der Waals surface area contributed by atoms with Crippen molar-refractivity contribution in [2.24, 2.45) is 0 Å². The summed E-state index contributed by atoms with van der Waals surface area (Å²) in [6, 6.07) is 0. The van der Waals surface area contributed by atoms with Gasteiger partial charge in [0.25, 0.3) is 5.60 Å². The van der Waals surface area contributed by atoms with Crippen LogP contribution in [0.5, 0.6) is 0 Å².